The lowest BCUT2D eigenvalue weighted by molar-refractivity contribution is 0.415. The van der Waals surface area contributed by atoms with Gasteiger partial charge in [-0.15, -0.1) is 0 Å². The van der Waals surface area contributed by atoms with E-state index in [0.29, 0.717) is 5.56 Å². The number of anilines is 1. The number of hydrogen-bond acceptors (Lipinski definition) is 4. The van der Waals surface area contributed by atoms with E-state index < -0.39 is 10.0 Å². The number of methoxy groups -OCH3 is 1. The van der Waals surface area contributed by atoms with Crippen LogP contribution in [0.25, 0.3) is 22.3 Å². The van der Waals surface area contributed by atoms with Gasteiger partial charge in [-0.3, -0.25) is 0 Å². The molecule has 0 saturated carbocycles. The summed E-state index contributed by atoms with van der Waals surface area (Å²) in [6.07, 6.45) is 0. The van der Waals surface area contributed by atoms with E-state index in [1.165, 1.54) is 6.07 Å². The van der Waals surface area contributed by atoms with Crippen molar-refractivity contribution in [3.8, 4) is 28.0 Å². The average molecular weight is 382 g/mol. The van der Waals surface area contributed by atoms with Gasteiger partial charge in [0.05, 0.1) is 17.7 Å². The van der Waals surface area contributed by atoms with E-state index in [4.69, 9.17) is 9.88 Å². The van der Waals surface area contributed by atoms with Gasteiger partial charge >= 0.3 is 0 Å². The minimum Gasteiger partial charge on any atom is -0.495 e. The highest BCUT2D eigenvalue weighted by Crippen LogP contribution is 2.39. The van der Waals surface area contributed by atoms with Crippen molar-refractivity contribution in [2.24, 2.45) is 5.14 Å². The number of benzene rings is 3. The first-order chi connectivity index (χ1) is 12.8. The molecule has 0 heterocycles. The van der Waals surface area contributed by atoms with Crippen molar-refractivity contribution in [2.45, 2.75) is 4.90 Å². The molecule has 3 aromatic rings. The van der Waals surface area contributed by atoms with Crippen LogP contribution in [0.1, 0.15) is 0 Å². The second kappa shape index (κ2) is 7.42. The molecule has 0 fully saturated rings. The summed E-state index contributed by atoms with van der Waals surface area (Å²) in [6, 6.07) is 20.3. The van der Waals surface area contributed by atoms with Gasteiger partial charge in [-0.1, -0.05) is 48.5 Å². The summed E-state index contributed by atoms with van der Waals surface area (Å²) >= 11 is 0. The fourth-order valence-corrected chi connectivity index (χ4v) is 3.90. The Bertz CT molecular complexity index is 1060. The van der Waals surface area contributed by atoms with Crippen LogP contribution in [0.5, 0.6) is 5.75 Å². The van der Waals surface area contributed by atoms with Gasteiger partial charge in [-0.25, -0.2) is 13.6 Å². The van der Waals surface area contributed by atoms with Gasteiger partial charge in [0.25, 0.3) is 0 Å². The van der Waals surface area contributed by atoms with Crippen molar-refractivity contribution in [2.75, 3.05) is 26.1 Å². The smallest absolute Gasteiger partial charge is 0.238 e. The van der Waals surface area contributed by atoms with Crippen LogP contribution in [0, 0.1) is 0 Å². The summed E-state index contributed by atoms with van der Waals surface area (Å²) in [7, 11) is 1.60. The van der Waals surface area contributed by atoms with E-state index in [9.17, 15) is 8.42 Å². The lowest BCUT2D eigenvalue weighted by Gasteiger charge is -2.19. The predicted octanol–water partition coefficient (Wildman–Crippen LogP) is 3.74. The number of ether oxygens (including phenoxy) is 1. The zero-order chi connectivity index (χ0) is 19.6. The Morgan fingerprint density at radius 2 is 1.59 bits per heavy atom. The summed E-state index contributed by atoms with van der Waals surface area (Å²) in [5, 5.41) is 5.51. The Labute approximate surface area is 160 Å². The van der Waals surface area contributed by atoms with Crippen molar-refractivity contribution in [3.05, 3.63) is 66.7 Å². The molecule has 0 radical (unpaired) electrons. The zero-order valence-corrected chi connectivity index (χ0v) is 16.3. The Kier molecular flexibility index (Phi) is 5.21. The molecule has 0 unspecified atom stereocenters. The summed E-state index contributed by atoms with van der Waals surface area (Å²) in [5.74, 6) is 0.743. The lowest BCUT2D eigenvalue weighted by Crippen LogP contribution is -2.14. The number of nitrogens with two attached hydrogens (primary N) is 1. The quantitative estimate of drug-likeness (QED) is 0.730. The molecule has 0 saturated heterocycles. The van der Waals surface area contributed by atoms with E-state index in [2.05, 4.69) is 0 Å². The van der Waals surface area contributed by atoms with Gasteiger partial charge in [-0.05, 0) is 34.9 Å². The number of rotatable bonds is 5. The molecule has 5 nitrogen and oxygen atoms in total. The van der Waals surface area contributed by atoms with Crippen LogP contribution in [0.4, 0.5) is 5.69 Å². The average Bonchev–Trinajstić information content (AvgIpc) is 2.66. The maximum atomic E-state index is 12.2. The lowest BCUT2D eigenvalue weighted by atomic mass is 9.94. The molecule has 0 aliphatic heterocycles. The molecular weight excluding hydrogens is 360 g/mol. The molecule has 3 aromatic carbocycles. The van der Waals surface area contributed by atoms with E-state index in [1.807, 2.05) is 73.6 Å². The topological polar surface area (TPSA) is 72.6 Å². The maximum Gasteiger partial charge on any atom is 0.238 e. The van der Waals surface area contributed by atoms with Crippen LogP contribution in [-0.4, -0.2) is 29.6 Å². The largest absolute Gasteiger partial charge is 0.495 e. The number of hydrogen-bond donors (Lipinski definition) is 1. The third kappa shape index (κ3) is 3.82. The van der Waals surface area contributed by atoms with E-state index >= 15 is 0 Å². The van der Waals surface area contributed by atoms with Crippen LogP contribution >= 0.6 is 0 Å². The van der Waals surface area contributed by atoms with Crippen LogP contribution in [0.3, 0.4) is 0 Å². The Hall–Kier alpha value is -2.83. The van der Waals surface area contributed by atoms with E-state index in [-0.39, 0.29) is 4.90 Å². The highest BCUT2D eigenvalue weighted by Gasteiger charge is 2.20. The Balaban J connectivity index is 2.33. The molecule has 0 aliphatic carbocycles. The molecule has 0 amide bonds. The highest BCUT2D eigenvalue weighted by molar-refractivity contribution is 7.89. The van der Waals surface area contributed by atoms with Gasteiger partial charge in [0.1, 0.15) is 5.75 Å². The molecule has 27 heavy (non-hydrogen) atoms. The molecule has 3 rings (SSSR count). The van der Waals surface area contributed by atoms with Crippen molar-refractivity contribution < 1.29 is 13.2 Å². The zero-order valence-electron chi connectivity index (χ0n) is 15.5. The molecule has 0 bridgehead atoms. The van der Waals surface area contributed by atoms with Crippen LogP contribution in [-0.2, 0) is 10.0 Å². The van der Waals surface area contributed by atoms with Crippen LogP contribution in [0.15, 0.2) is 71.6 Å². The van der Waals surface area contributed by atoms with Crippen molar-refractivity contribution >= 4 is 15.7 Å². The molecule has 2 N–H and O–H groups in total. The van der Waals surface area contributed by atoms with E-state index in [0.717, 1.165) is 28.1 Å². The van der Waals surface area contributed by atoms with Crippen molar-refractivity contribution in [3.63, 3.8) is 0 Å². The molecule has 6 heteroatoms. The number of sulfonamides is 1. The van der Waals surface area contributed by atoms with Crippen molar-refractivity contribution in [1.82, 2.24) is 0 Å². The Morgan fingerprint density at radius 1 is 0.889 bits per heavy atom. The Morgan fingerprint density at radius 3 is 2.19 bits per heavy atom. The van der Waals surface area contributed by atoms with Crippen LogP contribution < -0.4 is 14.8 Å². The van der Waals surface area contributed by atoms with Gasteiger partial charge in [0, 0.05) is 19.7 Å². The number of nitrogens with zero attached hydrogens (tertiary/aromatic N) is 1. The van der Waals surface area contributed by atoms with E-state index in [1.54, 1.807) is 13.2 Å². The van der Waals surface area contributed by atoms with Gasteiger partial charge < -0.3 is 9.64 Å². The molecule has 0 atom stereocenters. The summed E-state index contributed by atoms with van der Waals surface area (Å²) in [4.78, 5) is 2.06. The van der Waals surface area contributed by atoms with Gasteiger partial charge in [-0.2, -0.15) is 0 Å². The second-order valence-electron chi connectivity index (χ2n) is 6.37. The SMILES string of the molecule is COc1ccc(-c2cccc(S(N)(=O)=O)c2-c2ccccc2)cc1N(C)C. The summed E-state index contributed by atoms with van der Waals surface area (Å²) in [5.41, 5.74) is 3.95. The first kappa shape index (κ1) is 18.9. The molecule has 0 spiro atoms. The normalized spacial score (nSPS) is 11.3. The third-order valence-corrected chi connectivity index (χ3v) is 5.32. The maximum absolute atomic E-state index is 12.2. The van der Waals surface area contributed by atoms with Gasteiger partial charge in [0.15, 0.2) is 0 Å². The monoisotopic (exact) mass is 382 g/mol. The van der Waals surface area contributed by atoms with Gasteiger partial charge in [0.2, 0.25) is 10.0 Å². The number of primary sulfonamides is 1. The molecule has 140 valence electrons. The van der Waals surface area contributed by atoms with Crippen molar-refractivity contribution in [1.29, 1.82) is 0 Å². The molecule has 0 aliphatic rings. The minimum absolute atomic E-state index is 0.105. The third-order valence-electron chi connectivity index (χ3n) is 4.37. The highest BCUT2D eigenvalue weighted by atomic mass is 32.2. The fraction of sp³-hybridized carbons (Fsp3) is 0.143. The first-order valence-electron chi connectivity index (χ1n) is 8.40. The predicted molar refractivity (Wildman–Crippen MR) is 110 cm³/mol. The second-order valence-corrected chi connectivity index (χ2v) is 7.90. The van der Waals surface area contributed by atoms with Crippen LogP contribution in [0.2, 0.25) is 0 Å². The first-order valence-corrected chi connectivity index (χ1v) is 9.94. The molecular formula is C21H22N2O3S. The minimum atomic E-state index is -3.89. The summed E-state index contributed by atoms with van der Waals surface area (Å²) < 4.78 is 29.9. The fourth-order valence-electron chi connectivity index (χ4n) is 3.12. The summed E-state index contributed by atoms with van der Waals surface area (Å²) in [6.45, 7) is 0. The molecule has 0 aromatic heterocycles. The standard InChI is InChI=1S/C21H22N2O3S/c1-23(2)18-14-16(12-13-19(18)26-3)17-10-7-11-20(27(22,24)25)21(17)15-8-5-4-6-9-15/h4-14H,1-3H3,(H2,22,24,25).